The summed E-state index contributed by atoms with van der Waals surface area (Å²) < 4.78 is 14.1. The van der Waals surface area contributed by atoms with Crippen molar-refractivity contribution >= 4 is 23.6 Å². The standard InChI is InChI=1S/C20H25ClFN5O2/c1-3-13(12-4-5-15(21)16(22)8-12)18-14-6-7-27(19(23)29)9-17(14)25-20(26-18)24-11(2)10-28/h4-5,8,11,13,28H,3,6-7,9-10H2,1-2H3,(H2,23,29)(H,24,25,26)/t11-,13+/m0/s1. The van der Waals surface area contributed by atoms with Crippen LogP contribution in [0.1, 0.15) is 48.7 Å². The number of nitrogens with zero attached hydrogens (tertiary/aromatic N) is 3. The van der Waals surface area contributed by atoms with Gasteiger partial charge in [0.25, 0.3) is 0 Å². The summed E-state index contributed by atoms with van der Waals surface area (Å²) in [5.41, 5.74) is 8.67. The smallest absolute Gasteiger partial charge is 0.315 e. The molecule has 1 aromatic carbocycles. The number of urea groups is 1. The van der Waals surface area contributed by atoms with Gasteiger partial charge in [0.2, 0.25) is 5.95 Å². The number of benzene rings is 1. The average Bonchev–Trinajstić information content (AvgIpc) is 2.70. The second-order valence-corrected chi connectivity index (χ2v) is 7.64. The van der Waals surface area contributed by atoms with Crippen molar-refractivity contribution in [1.29, 1.82) is 0 Å². The van der Waals surface area contributed by atoms with E-state index in [1.54, 1.807) is 12.1 Å². The fourth-order valence-electron chi connectivity index (χ4n) is 3.58. The highest BCUT2D eigenvalue weighted by Gasteiger charge is 2.28. The topological polar surface area (TPSA) is 104 Å². The molecular weight excluding hydrogens is 397 g/mol. The van der Waals surface area contributed by atoms with Crippen LogP contribution in [0, 0.1) is 5.82 Å². The van der Waals surface area contributed by atoms with E-state index >= 15 is 0 Å². The number of primary amides is 1. The monoisotopic (exact) mass is 421 g/mol. The number of hydrogen-bond acceptors (Lipinski definition) is 5. The van der Waals surface area contributed by atoms with Gasteiger partial charge < -0.3 is 21.1 Å². The van der Waals surface area contributed by atoms with Crippen LogP contribution in [0.2, 0.25) is 5.02 Å². The number of fused-ring (bicyclic) bond motifs is 1. The molecule has 29 heavy (non-hydrogen) atoms. The predicted molar refractivity (Wildman–Crippen MR) is 109 cm³/mol. The van der Waals surface area contributed by atoms with Gasteiger partial charge in [-0.3, -0.25) is 0 Å². The molecule has 0 unspecified atom stereocenters. The molecule has 0 bridgehead atoms. The summed E-state index contributed by atoms with van der Waals surface area (Å²) in [5, 5.41) is 12.5. The Labute approximate surface area is 174 Å². The van der Waals surface area contributed by atoms with Gasteiger partial charge in [-0.1, -0.05) is 24.6 Å². The summed E-state index contributed by atoms with van der Waals surface area (Å²) in [5.74, 6) is -0.277. The molecule has 0 spiro atoms. The van der Waals surface area contributed by atoms with E-state index in [0.29, 0.717) is 31.0 Å². The lowest BCUT2D eigenvalue weighted by Gasteiger charge is -2.30. The van der Waals surface area contributed by atoms with Crippen LogP contribution in [-0.2, 0) is 13.0 Å². The van der Waals surface area contributed by atoms with E-state index in [1.807, 2.05) is 13.8 Å². The molecule has 0 radical (unpaired) electrons. The molecule has 9 heteroatoms. The summed E-state index contributed by atoms with van der Waals surface area (Å²) in [6.07, 6.45) is 1.26. The van der Waals surface area contributed by atoms with Gasteiger partial charge in [0, 0.05) is 18.5 Å². The summed E-state index contributed by atoms with van der Waals surface area (Å²) in [6.45, 7) is 4.50. The van der Waals surface area contributed by atoms with E-state index in [4.69, 9.17) is 22.3 Å². The highest BCUT2D eigenvalue weighted by atomic mass is 35.5. The van der Waals surface area contributed by atoms with Gasteiger partial charge in [-0.25, -0.2) is 19.2 Å². The number of carbonyl (C=O) groups excluding carboxylic acids is 1. The highest BCUT2D eigenvalue weighted by Crippen LogP contribution is 2.34. The van der Waals surface area contributed by atoms with Crippen molar-refractivity contribution in [3.63, 3.8) is 0 Å². The lowest BCUT2D eigenvalue weighted by Crippen LogP contribution is -2.40. The number of aliphatic hydroxyl groups is 1. The average molecular weight is 422 g/mol. The van der Waals surface area contributed by atoms with Crippen molar-refractivity contribution in [1.82, 2.24) is 14.9 Å². The quantitative estimate of drug-likeness (QED) is 0.665. The maximum absolute atomic E-state index is 14.1. The summed E-state index contributed by atoms with van der Waals surface area (Å²) in [4.78, 5) is 22.4. The lowest BCUT2D eigenvalue weighted by molar-refractivity contribution is 0.201. The SMILES string of the molecule is CC[C@H](c1ccc(Cl)c(F)c1)c1nc(N[C@@H](C)CO)nc2c1CCN(C(N)=O)C2. The van der Waals surface area contributed by atoms with Gasteiger partial charge >= 0.3 is 6.03 Å². The van der Waals surface area contributed by atoms with Crippen LogP contribution in [0.4, 0.5) is 15.1 Å². The number of nitrogens with two attached hydrogens (primary N) is 1. The second kappa shape index (κ2) is 8.92. The Balaban J connectivity index is 2.09. The third kappa shape index (κ3) is 4.59. The zero-order valence-electron chi connectivity index (χ0n) is 16.5. The van der Waals surface area contributed by atoms with Crippen LogP contribution < -0.4 is 11.1 Å². The molecule has 1 aromatic heterocycles. The fourth-order valence-corrected chi connectivity index (χ4v) is 3.70. The first-order valence-electron chi connectivity index (χ1n) is 9.60. The van der Waals surface area contributed by atoms with E-state index < -0.39 is 11.8 Å². The summed E-state index contributed by atoms with van der Waals surface area (Å²) >= 11 is 5.85. The Hall–Kier alpha value is -2.45. The number of aromatic nitrogens is 2. The molecule has 3 rings (SSSR count). The molecule has 0 aliphatic carbocycles. The number of nitrogens with one attached hydrogen (secondary N) is 1. The zero-order valence-corrected chi connectivity index (χ0v) is 17.2. The van der Waals surface area contributed by atoms with Crippen molar-refractivity contribution in [2.24, 2.45) is 5.73 Å². The number of rotatable bonds is 6. The molecule has 4 N–H and O–H groups in total. The highest BCUT2D eigenvalue weighted by molar-refractivity contribution is 6.30. The van der Waals surface area contributed by atoms with Gasteiger partial charge in [0.05, 0.1) is 29.6 Å². The van der Waals surface area contributed by atoms with Crippen LogP contribution in [0.5, 0.6) is 0 Å². The summed E-state index contributed by atoms with van der Waals surface area (Å²) in [7, 11) is 0. The minimum absolute atomic E-state index is 0.0737. The minimum Gasteiger partial charge on any atom is -0.394 e. The van der Waals surface area contributed by atoms with Crippen LogP contribution in [0.15, 0.2) is 18.2 Å². The van der Waals surface area contributed by atoms with E-state index in [1.165, 1.54) is 11.0 Å². The Kier molecular flexibility index (Phi) is 6.54. The molecule has 2 heterocycles. The second-order valence-electron chi connectivity index (χ2n) is 7.23. The first-order valence-corrected chi connectivity index (χ1v) is 9.98. The largest absolute Gasteiger partial charge is 0.394 e. The molecule has 0 fully saturated rings. The minimum atomic E-state index is -0.499. The number of amides is 2. The Morgan fingerprint density at radius 1 is 1.45 bits per heavy atom. The van der Waals surface area contributed by atoms with Crippen LogP contribution in [0.25, 0.3) is 0 Å². The van der Waals surface area contributed by atoms with Crippen molar-refractivity contribution in [2.75, 3.05) is 18.5 Å². The van der Waals surface area contributed by atoms with Gasteiger partial charge in [0.15, 0.2) is 0 Å². The van der Waals surface area contributed by atoms with Crippen molar-refractivity contribution in [3.8, 4) is 0 Å². The van der Waals surface area contributed by atoms with Gasteiger partial charge in [-0.05, 0) is 43.0 Å². The number of hydrogen-bond donors (Lipinski definition) is 3. The van der Waals surface area contributed by atoms with Crippen LogP contribution in [0.3, 0.4) is 0 Å². The van der Waals surface area contributed by atoms with Gasteiger partial charge in [0.1, 0.15) is 5.82 Å². The van der Waals surface area contributed by atoms with Gasteiger partial charge in [-0.2, -0.15) is 0 Å². The first-order chi connectivity index (χ1) is 13.8. The van der Waals surface area contributed by atoms with E-state index in [-0.39, 0.29) is 30.1 Å². The van der Waals surface area contributed by atoms with Gasteiger partial charge in [-0.15, -0.1) is 0 Å². The third-order valence-corrected chi connectivity index (χ3v) is 5.45. The fraction of sp³-hybridized carbons (Fsp3) is 0.450. The molecule has 2 amide bonds. The van der Waals surface area contributed by atoms with Crippen LogP contribution in [-0.4, -0.2) is 45.2 Å². The predicted octanol–water partition coefficient (Wildman–Crippen LogP) is 3.04. The molecular formula is C20H25ClFN5O2. The summed E-state index contributed by atoms with van der Waals surface area (Å²) in [6, 6.07) is 4.04. The number of halogens is 2. The Bertz CT molecular complexity index is 911. The lowest BCUT2D eigenvalue weighted by atomic mass is 9.87. The molecule has 2 atom stereocenters. The maximum atomic E-state index is 14.1. The van der Waals surface area contributed by atoms with E-state index in [0.717, 1.165) is 16.8 Å². The van der Waals surface area contributed by atoms with Crippen molar-refractivity contribution < 1.29 is 14.3 Å². The molecule has 2 aromatic rings. The van der Waals surface area contributed by atoms with Crippen LogP contribution >= 0.6 is 11.6 Å². The molecule has 0 saturated heterocycles. The number of anilines is 1. The maximum Gasteiger partial charge on any atom is 0.315 e. The van der Waals surface area contributed by atoms with E-state index in [9.17, 15) is 14.3 Å². The molecule has 0 saturated carbocycles. The molecule has 1 aliphatic rings. The molecule has 156 valence electrons. The zero-order chi connectivity index (χ0) is 21.1. The number of aliphatic hydroxyl groups excluding tert-OH is 1. The van der Waals surface area contributed by atoms with E-state index in [2.05, 4.69) is 10.3 Å². The molecule has 1 aliphatic heterocycles. The first kappa shape index (κ1) is 21.3. The van der Waals surface area contributed by atoms with Crippen molar-refractivity contribution in [3.05, 3.63) is 51.6 Å². The normalized spacial score (nSPS) is 15.6. The molecule has 7 nitrogen and oxygen atoms in total. The van der Waals surface area contributed by atoms with Crippen molar-refractivity contribution in [2.45, 2.75) is 45.2 Å². The Morgan fingerprint density at radius 2 is 2.21 bits per heavy atom. The third-order valence-electron chi connectivity index (χ3n) is 5.14. The number of carbonyl (C=O) groups is 1. The Morgan fingerprint density at radius 3 is 2.83 bits per heavy atom.